The molecule has 4 N–H and O–H groups in total. The van der Waals surface area contributed by atoms with E-state index in [9.17, 15) is 19.5 Å². The summed E-state index contributed by atoms with van der Waals surface area (Å²) >= 11 is 0. The van der Waals surface area contributed by atoms with Gasteiger partial charge in [0, 0.05) is 36.9 Å². The fourth-order valence-electron chi connectivity index (χ4n) is 5.36. The molecule has 3 atom stereocenters. The van der Waals surface area contributed by atoms with Crippen molar-refractivity contribution in [2.45, 2.75) is 64.1 Å². The van der Waals surface area contributed by atoms with Crippen LogP contribution in [0.1, 0.15) is 56.3 Å². The second-order valence-electron chi connectivity index (χ2n) is 11.3. The first-order valence-corrected chi connectivity index (χ1v) is 14.6. The number of carbonyl (C=O) groups is 3. The van der Waals surface area contributed by atoms with Crippen LogP contribution in [0.2, 0.25) is 0 Å². The highest BCUT2D eigenvalue weighted by molar-refractivity contribution is 5.99. The molecule has 11 heteroatoms. The number of rotatable bonds is 8. The molecule has 1 aliphatic carbocycles. The predicted molar refractivity (Wildman–Crippen MR) is 161 cm³/mol. The minimum absolute atomic E-state index is 0.148. The standard InChI is InChI=1S/C31H43N5O6/c1-20-17-36(21(2)19-37)29(38)26-16-24(33-30(39)32-22-8-6-5-7-9-22)12-15-27(26)42-28(20)18-35(3)31(40)34-23-10-13-25(41-4)14-11-23/h10-16,20-22,28,37H,5-9,17-19H2,1-4H3,(H,34,40)(H2,32,33,39)/t20-,21-,28+/m0/s1. The van der Waals surface area contributed by atoms with E-state index in [0.717, 1.165) is 25.7 Å². The SMILES string of the molecule is COc1ccc(NC(=O)N(C)C[C@H]2Oc3ccc(NC(=O)NC4CCCCC4)cc3C(=O)N([C@@H](C)CO)C[C@@H]2C)cc1. The second kappa shape index (κ2) is 14.3. The maximum atomic E-state index is 13.7. The van der Waals surface area contributed by atoms with Gasteiger partial charge in [-0.2, -0.15) is 0 Å². The van der Waals surface area contributed by atoms with Crippen LogP contribution >= 0.6 is 0 Å². The lowest BCUT2D eigenvalue weighted by Crippen LogP contribution is -2.50. The zero-order chi connectivity index (χ0) is 30.2. The largest absolute Gasteiger partial charge is 0.497 e. The Kier molecular flexibility index (Phi) is 10.5. The van der Waals surface area contributed by atoms with Crippen molar-refractivity contribution in [1.82, 2.24) is 15.1 Å². The lowest BCUT2D eigenvalue weighted by molar-refractivity contribution is 0.0371. The summed E-state index contributed by atoms with van der Waals surface area (Å²) in [5.41, 5.74) is 1.38. The molecule has 228 valence electrons. The quantitative estimate of drug-likeness (QED) is 0.362. The minimum Gasteiger partial charge on any atom is -0.497 e. The number of hydrogen-bond acceptors (Lipinski definition) is 6. The van der Waals surface area contributed by atoms with Gasteiger partial charge in [0.2, 0.25) is 0 Å². The third-order valence-electron chi connectivity index (χ3n) is 8.00. The van der Waals surface area contributed by atoms with Gasteiger partial charge in [0.1, 0.15) is 17.6 Å². The molecule has 1 saturated carbocycles. The van der Waals surface area contributed by atoms with Crippen molar-refractivity contribution in [2.24, 2.45) is 5.92 Å². The fraction of sp³-hybridized carbons (Fsp3) is 0.516. The van der Waals surface area contributed by atoms with Gasteiger partial charge in [0.25, 0.3) is 5.91 Å². The van der Waals surface area contributed by atoms with Crippen molar-refractivity contribution in [1.29, 1.82) is 0 Å². The number of nitrogens with zero attached hydrogens (tertiary/aromatic N) is 2. The van der Waals surface area contributed by atoms with Crippen LogP contribution in [0.4, 0.5) is 21.0 Å². The first kappa shape index (κ1) is 31.0. The van der Waals surface area contributed by atoms with E-state index in [1.807, 2.05) is 6.92 Å². The molecule has 0 aromatic heterocycles. The molecule has 0 spiro atoms. The first-order chi connectivity index (χ1) is 20.2. The number of methoxy groups -OCH3 is 1. The van der Waals surface area contributed by atoms with Crippen LogP contribution < -0.4 is 25.4 Å². The molecule has 0 unspecified atom stereocenters. The van der Waals surface area contributed by atoms with Gasteiger partial charge < -0.3 is 40.3 Å². The van der Waals surface area contributed by atoms with E-state index in [1.165, 1.54) is 6.42 Å². The Morgan fingerprint density at radius 3 is 2.45 bits per heavy atom. The van der Waals surface area contributed by atoms with E-state index in [4.69, 9.17) is 9.47 Å². The highest BCUT2D eigenvalue weighted by Crippen LogP contribution is 2.31. The van der Waals surface area contributed by atoms with Crippen molar-refractivity contribution in [3.63, 3.8) is 0 Å². The van der Waals surface area contributed by atoms with Gasteiger partial charge in [-0.3, -0.25) is 4.79 Å². The summed E-state index contributed by atoms with van der Waals surface area (Å²) in [6.45, 7) is 4.11. The second-order valence-corrected chi connectivity index (χ2v) is 11.3. The van der Waals surface area contributed by atoms with Crippen molar-refractivity contribution in [3.05, 3.63) is 48.0 Å². The lowest BCUT2D eigenvalue weighted by atomic mass is 9.96. The van der Waals surface area contributed by atoms with Crippen molar-refractivity contribution in [3.8, 4) is 11.5 Å². The monoisotopic (exact) mass is 581 g/mol. The Hall–Kier alpha value is -3.99. The molecule has 11 nitrogen and oxygen atoms in total. The van der Waals surface area contributed by atoms with Crippen LogP contribution in [-0.4, -0.2) is 84.9 Å². The summed E-state index contributed by atoms with van der Waals surface area (Å²) in [5, 5.41) is 18.7. The number of urea groups is 2. The normalized spacial score (nSPS) is 19.8. The van der Waals surface area contributed by atoms with E-state index in [2.05, 4.69) is 16.0 Å². The molecular weight excluding hydrogens is 538 g/mol. The molecule has 2 aromatic rings. The third kappa shape index (κ3) is 7.84. The van der Waals surface area contributed by atoms with E-state index in [-0.39, 0.29) is 48.6 Å². The number of amides is 5. The van der Waals surface area contributed by atoms with Crippen molar-refractivity contribution >= 4 is 29.3 Å². The Labute approximate surface area is 247 Å². The zero-order valence-electron chi connectivity index (χ0n) is 24.9. The molecule has 4 rings (SSSR count). The molecule has 2 aliphatic rings. The molecule has 1 aliphatic heterocycles. The Balaban J connectivity index is 1.51. The van der Waals surface area contributed by atoms with Gasteiger partial charge in [-0.1, -0.05) is 26.2 Å². The molecule has 5 amide bonds. The number of hydrogen-bond donors (Lipinski definition) is 4. The van der Waals surface area contributed by atoms with E-state index in [0.29, 0.717) is 29.4 Å². The molecule has 2 aromatic carbocycles. The average molecular weight is 582 g/mol. The highest BCUT2D eigenvalue weighted by atomic mass is 16.5. The Morgan fingerprint density at radius 2 is 1.79 bits per heavy atom. The smallest absolute Gasteiger partial charge is 0.321 e. The highest BCUT2D eigenvalue weighted by Gasteiger charge is 2.34. The molecule has 1 heterocycles. The predicted octanol–water partition coefficient (Wildman–Crippen LogP) is 4.53. The number of aliphatic hydroxyl groups excluding tert-OH is 1. The Bertz CT molecular complexity index is 1230. The first-order valence-electron chi connectivity index (χ1n) is 14.6. The van der Waals surface area contributed by atoms with Crippen LogP contribution in [0.25, 0.3) is 0 Å². The molecule has 42 heavy (non-hydrogen) atoms. The van der Waals surface area contributed by atoms with E-state index in [1.54, 1.807) is 73.3 Å². The fourth-order valence-corrected chi connectivity index (χ4v) is 5.36. The number of ether oxygens (including phenoxy) is 2. The number of carbonyl (C=O) groups excluding carboxylic acids is 3. The summed E-state index contributed by atoms with van der Waals surface area (Å²) in [6.07, 6.45) is 4.87. The number of anilines is 2. The van der Waals surface area contributed by atoms with Crippen LogP contribution in [0.15, 0.2) is 42.5 Å². The van der Waals surface area contributed by atoms with E-state index < -0.39 is 12.1 Å². The summed E-state index contributed by atoms with van der Waals surface area (Å²) in [7, 11) is 3.27. The van der Waals surface area contributed by atoms with Gasteiger partial charge in [-0.25, -0.2) is 9.59 Å². The van der Waals surface area contributed by atoms with Crippen LogP contribution in [-0.2, 0) is 0 Å². The maximum absolute atomic E-state index is 13.7. The number of likely N-dealkylation sites (N-methyl/N-ethyl adjacent to an activating group) is 1. The van der Waals surface area contributed by atoms with Crippen molar-refractivity contribution < 1.29 is 29.0 Å². The van der Waals surface area contributed by atoms with Gasteiger partial charge >= 0.3 is 12.1 Å². The molecular formula is C31H43N5O6. The summed E-state index contributed by atoms with van der Waals surface area (Å²) < 4.78 is 11.6. The van der Waals surface area contributed by atoms with E-state index >= 15 is 0 Å². The minimum atomic E-state index is -0.453. The van der Waals surface area contributed by atoms with Crippen LogP contribution in [0.3, 0.4) is 0 Å². The van der Waals surface area contributed by atoms with Gasteiger partial charge in [-0.15, -0.1) is 0 Å². The lowest BCUT2D eigenvalue weighted by Gasteiger charge is -2.38. The molecule has 0 saturated heterocycles. The maximum Gasteiger partial charge on any atom is 0.321 e. The zero-order valence-corrected chi connectivity index (χ0v) is 24.9. The number of aliphatic hydroxyl groups is 1. The molecule has 0 bridgehead atoms. The summed E-state index contributed by atoms with van der Waals surface area (Å²) in [6, 6.07) is 11.1. The topological polar surface area (TPSA) is 132 Å². The van der Waals surface area contributed by atoms with Gasteiger partial charge in [0.15, 0.2) is 0 Å². The van der Waals surface area contributed by atoms with Crippen LogP contribution in [0, 0.1) is 5.92 Å². The molecule has 0 radical (unpaired) electrons. The third-order valence-corrected chi connectivity index (χ3v) is 8.00. The van der Waals surface area contributed by atoms with Gasteiger partial charge in [-0.05, 0) is 62.2 Å². The van der Waals surface area contributed by atoms with Crippen molar-refractivity contribution in [2.75, 3.05) is 44.5 Å². The summed E-state index contributed by atoms with van der Waals surface area (Å²) in [4.78, 5) is 42.5. The summed E-state index contributed by atoms with van der Waals surface area (Å²) in [5.74, 6) is 0.593. The number of nitrogens with one attached hydrogen (secondary N) is 3. The Morgan fingerprint density at radius 1 is 1.10 bits per heavy atom. The average Bonchev–Trinajstić information content (AvgIpc) is 2.99. The number of fused-ring (bicyclic) bond motifs is 1. The van der Waals surface area contributed by atoms with Gasteiger partial charge in [0.05, 0.1) is 31.9 Å². The number of benzene rings is 2. The van der Waals surface area contributed by atoms with Crippen LogP contribution in [0.5, 0.6) is 11.5 Å². The molecule has 1 fully saturated rings.